The number of esters is 2. The van der Waals surface area contributed by atoms with E-state index in [1.807, 2.05) is 6.07 Å². The number of hydrogen-bond donors (Lipinski definition) is 2. The van der Waals surface area contributed by atoms with E-state index in [-0.39, 0.29) is 30.3 Å². The Morgan fingerprint density at radius 2 is 1.53 bits per heavy atom. The molecule has 8 nitrogen and oxygen atoms in total. The lowest BCUT2D eigenvalue weighted by molar-refractivity contribution is -0.152. The topological polar surface area (TPSA) is 121 Å². The molecule has 1 heterocycles. The lowest BCUT2D eigenvalue weighted by atomic mass is 9.81. The van der Waals surface area contributed by atoms with E-state index in [4.69, 9.17) is 14.9 Å². The third-order valence-electron chi connectivity index (χ3n) is 6.18. The van der Waals surface area contributed by atoms with E-state index in [1.54, 1.807) is 12.3 Å². The summed E-state index contributed by atoms with van der Waals surface area (Å²) < 4.78 is 14.7. The quantitative estimate of drug-likeness (QED) is 0.608. The summed E-state index contributed by atoms with van der Waals surface area (Å²) in [6.45, 7) is 0. The number of carbonyl (C=O) groups excluding carboxylic acids is 3. The van der Waals surface area contributed by atoms with Gasteiger partial charge in [0.05, 0.1) is 20.5 Å². The molecule has 0 spiro atoms. The Bertz CT molecular complexity index is 710. The molecule has 0 atom stereocenters. The maximum Gasteiger partial charge on any atom is 0.331 e. The highest BCUT2D eigenvalue weighted by Gasteiger charge is 2.41. The third-order valence-corrected chi connectivity index (χ3v) is 6.18. The minimum atomic E-state index is -0.826. The van der Waals surface area contributed by atoms with Crippen molar-refractivity contribution in [3.8, 4) is 0 Å². The smallest absolute Gasteiger partial charge is 0.331 e. The zero-order valence-corrected chi connectivity index (χ0v) is 20.0. The number of halogens is 1. The molecule has 2 saturated carbocycles. The van der Waals surface area contributed by atoms with E-state index in [1.165, 1.54) is 20.6 Å². The Labute approximate surface area is 196 Å². The van der Waals surface area contributed by atoms with E-state index < -0.39 is 11.1 Å². The molecule has 1 aromatic heterocycles. The fourth-order valence-electron chi connectivity index (χ4n) is 4.34. The Morgan fingerprint density at radius 1 is 0.969 bits per heavy atom. The molecule has 0 radical (unpaired) electrons. The molecule has 182 valence electrons. The maximum absolute atomic E-state index is 12.1. The van der Waals surface area contributed by atoms with Gasteiger partial charge in [0.25, 0.3) is 0 Å². The van der Waals surface area contributed by atoms with Crippen LogP contribution in [0.1, 0.15) is 76.4 Å². The molecular formula is C23H37ClN2O6. The SMILES string of the molecule is COC(=O)C1(N)CCCCC1.COC(=O)C1(NC(=O)CCc2ccco2)CCCCC1.Cl. The first-order chi connectivity index (χ1) is 14.8. The molecule has 0 bridgehead atoms. The molecule has 9 heteroatoms. The summed E-state index contributed by atoms with van der Waals surface area (Å²) in [6, 6.07) is 3.63. The molecule has 1 amide bonds. The number of amides is 1. The van der Waals surface area contributed by atoms with Gasteiger partial charge in [-0.2, -0.15) is 0 Å². The second kappa shape index (κ2) is 13.5. The molecule has 0 saturated heterocycles. The molecule has 1 aromatic rings. The number of nitrogens with one attached hydrogen (secondary N) is 1. The van der Waals surface area contributed by atoms with Gasteiger partial charge in [-0.1, -0.05) is 38.5 Å². The fraction of sp³-hybridized carbons (Fsp3) is 0.696. The van der Waals surface area contributed by atoms with E-state index >= 15 is 0 Å². The summed E-state index contributed by atoms with van der Waals surface area (Å²) in [5.74, 6) is 0.0605. The van der Waals surface area contributed by atoms with Gasteiger partial charge >= 0.3 is 11.9 Å². The molecule has 2 aliphatic carbocycles. The highest BCUT2D eigenvalue weighted by atomic mass is 35.5. The van der Waals surface area contributed by atoms with Crippen molar-refractivity contribution in [3.05, 3.63) is 24.2 Å². The van der Waals surface area contributed by atoms with Crippen molar-refractivity contribution in [1.82, 2.24) is 5.32 Å². The third kappa shape index (κ3) is 7.81. The lowest BCUT2D eigenvalue weighted by Gasteiger charge is -2.35. The Hall–Kier alpha value is -2.06. The first kappa shape index (κ1) is 28.0. The molecule has 32 heavy (non-hydrogen) atoms. The number of methoxy groups -OCH3 is 2. The molecule has 2 aliphatic rings. The number of carbonyl (C=O) groups is 3. The minimum Gasteiger partial charge on any atom is -0.469 e. The van der Waals surface area contributed by atoms with Crippen LogP contribution in [-0.4, -0.2) is 43.1 Å². The Kier molecular flexibility index (Phi) is 11.8. The van der Waals surface area contributed by atoms with Crippen LogP contribution >= 0.6 is 12.4 Å². The normalized spacial score (nSPS) is 18.7. The number of hydrogen-bond acceptors (Lipinski definition) is 7. The molecule has 0 aliphatic heterocycles. The van der Waals surface area contributed by atoms with Crippen LogP contribution in [0.4, 0.5) is 0 Å². The zero-order chi connectivity index (χ0) is 22.7. The van der Waals surface area contributed by atoms with E-state index in [0.29, 0.717) is 25.7 Å². The van der Waals surface area contributed by atoms with Gasteiger partial charge in [-0.25, -0.2) is 4.79 Å². The van der Waals surface area contributed by atoms with Crippen molar-refractivity contribution in [2.75, 3.05) is 14.2 Å². The van der Waals surface area contributed by atoms with Gasteiger partial charge in [-0.3, -0.25) is 9.59 Å². The van der Waals surface area contributed by atoms with E-state index in [2.05, 4.69) is 10.1 Å². The molecule has 0 aromatic carbocycles. The van der Waals surface area contributed by atoms with Crippen LogP contribution in [0.3, 0.4) is 0 Å². The fourth-order valence-corrected chi connectivity index (χ4v) is 4.34. The first-order valence-corrected chi connectivity index (χ1v) is 11.1. The van der Waals surface area contributed by atoms with Gasteiger partial charge in [0.1, 0.15) is 16.8 Å². The van der Waals surface area contributed by atoms with Crippen LogP contribution in [0, 0.1) is 0 Å². The average molecular weight is 473 g/mol. The van der Waals surface area contributed by atoms with Gasteiger partial charge in [0.15, 0.2) is 0 Å². The largest absolute Gasteiger partial charge is 0.469 e. The van der Waals surface area contributed by atoms with E-state index in [9.17, 15) is 14.4 Å². The summed E-state index contributed by atoms with van der Waals surface area (Å²) in [4.78, 5) is 35.2. The Balaban J connectivity index is 0.000000364. The summed E-state index contributed by atoms with van der Waals surface area (Å²) in [5.41, 5.74) is 4.34. The highest BCUT2D eigenvalue weighted by molar-refractivity contribution is 5.88. The van der Waals surface area contributed by atoms with Gasteiger partial charge in [0.2, 0.25) is 5.91 Å². The summed E-state index contributed by atoms with van der Waals surface area (Å²) >= 11 is 0. The van der Waals surface area contributed by atoms with Crippen LogP contribution < -0.4 is 11.1 Å². The van der Waals surface area contributed by atoms with Gasteiger partial charge in [0, 0.05) is 12.8 Å². The molecule has 0 unspecified atom stereocenters. The number of rotatable bonds is 6. The Morgan fingerprint density at radius 3 is 2.03 bits per heavy atom. The maximum atomic E-state index is 12.1. The van der Waals surface area contributed by atoms with Gasteiger partial charge < -0.3 is 24.9 Å². The average Bonchev–Trinajstić information content (AvgIpc) is 3.32. The zero-order valence-electron chi connectivity index (χ0n) is 19.2. The van der Waals surface area contributed by atoms with Crippen molar-refractivity contribution < 1.29 is 28.3 Å². The van der Waals surface area contributed by atoms with Gasteiger partial charge in [-0.15, -0.1) is 12.4 Å². The summed E-state index contributed by atoms with van der Waals surface area (Å²) in [6.07, 6.45) is 11.6. The highest BCUT2D eigenvalue weighted by Crippen LogP contribution is 2.29. The number of furan rings is 1. The van der Waals surface area contributed by atoms with Crippen LogP contribution in [-0.2, 0) is 30.3 Å². The van der Waals surface area contributed by atoms with Crippen LogP contribution in [0.25, 0.3) is 0 Å². The van der Waals surface area contributed by atoms with Crippen LogP contribution in [0.15, 0.2) is 22.8 Å². The summed E-state index contributed by atoms with van der Waals surface area (Å²) in [7, 11) is 2.76. The van der Waals surface area contributed by atoms with Crippen molar-refractivity contribution in [3.63, 3.8) is 0 Å². The molecule has 3 N–H and O–H groups in total. The number of aryl methyl sites for hydroxylation is 1. The molecular weight excluding hydrogens is 436 g/mol. The van der Waals surface area contributed by atoms with Crippen molar-refractivity contribution >= 4 is 30.3 Å². The van der Waals surface area contributed by atoms with Crippen molar-refractivity contribution in [1.29, 1.82) is 0 Å². The predicted octanol–water partition coefficient (Wildman–Crippen LogP) is 3.45. The van der Waals surface area contributed by atoms with Crippen molar-refractivity contribution in [2.24, 2.45) is 5.73 Å². The molecule has 3 rings (SSSR count). The van der Waals surface area contributed by atoms with Crippen molar-refractivity contribution in [2.45, 2.75) is 88.1 Å². The second-order valence-corrected chi connectivity index (χ2v) is 8.47. The monoisotopic (exact) mass is 472 g/mol. The predicted molar refractivity (Wildman–Crippen MR) is 122 cm³/mol. The van der Waals surface area contributed by atoms with E-state index in [0.717, 1.165) is 50.7 Å². The van der Waals surface area contributed by atoms with Gasteiger partial charge in [-0.05, 0) is 37.8 Å². The number of nitrogens with two attached hydrogens (primary N) is 1. The minimum absolute atomic E-state index is 0. The molecule has 2 fully saturated rings. The first-order valence-electron chi connectivity index (χ1n) is 11.1. The van der Waals surface area contributed by atoms with Crippen LogP contribution in [0.2, 0.25) is 0 Å². The standard InChI is InChI=1S/C15H21NO4.C8H15NO2.ClH/c1-19-14(18)15(9-3-2-4-10-15)16-13(17)8-7-12-6-5-11-20-12;1-11-7(10)8(9)5-3-2-4-6-8;/h5-6,11H,2-4,7-10H2,1H3,(H,16,17);2-6,9H2,1H3;1H. The summed E-state index contributed by atoms with van der Waals surface area (Å²) in [5, 5.41) is 2.89. The van der Waals surface area contributed by atoms with Crippen LogP contribution in [0.5, 0.6) is 0 Å². The lowest BCUT2D eigenvalue weighted by Crippen LogP contribution is -2.56. The second-order valence-electron chi connectivity index (χ2n) is 8.47. The number of ether oxygens (including phenoxy) is 2.